The zero-order valence-electron chi connectivity index (χ0n) is 24.7. The van der Waals surface area contributed by atoms with Gasteiger partial charge in [0.1, 0.15) is 18.0 Å². The molecular formula is C33H35ClN6O4. The van der Waals surface area contributed by atoms with E-state index >= 15 is 0 Å². The summed E-state index contributed by atoms with van der Waals surface area (Å²) in [7, 11) is 3.78. The minimum Gasteiger partial charge on any atom is -0.508 e. The summed E-state index contributed by atoms with van der Waals surface area (Å²) in [6, 6.07) is 20.3. The van der Waals surface area contributed by atoms with Crippen molar-refractivity contribution in [3.63, 3.8) is 0 Å². The lowest BCUT2D eigenvalue weighted by molar-refractivity contribution is -0.189. The topological polar surface area (TPSA) is 99.7 Å². The molecule has 2 N–H and O–H groups in total. The third kappa shape index (κ3) is 6.59. The van der Waals surface area contributed by atoms with Crippen molar-refractivity contribution in [2.24, 2.45) is 0 Å². The Hall–Kier alpha value is -4.72. The van der Waals surface area contributed by atoms with Crippen LogP contribution in [0.15, 0.2) is 72.8 Å². The van der Waals surface area contributed by atoms with Crippen LogP contribution in [0.4, 0.5) is 10.5 Å². The maximum absolute atomic E-state index is 14.2. The van der Waals surface area contributed by atoms with Gasteiger partial charge in [0, 0.05) is 33.6 Å². The number of fused-ring (bicyclic) bond motifs is 1. The highest BCUT2D eigenvalue weighted by molar-refractivity contribution is 6.33. The van der Waals surface area contributed by atoms with E-state index in [2.05, 4.69) is 11.2 Å². The van der Waals surface area contributed by atoms with Crippen molar-refractivity contribution in [1.29, 1.82) is 0 Å². The quantitative estimate of drug-likeness (QED) is 0.378. The lowest BCUT2D eigenvalue weighted by atomic mass is 9.98. The van der Waals surface area contributed by atoms with Crippen molar-refractivity contribution in [3.05, 3.63) is 94.5 Å². The zero-order chi connectivity index (χ0) is 31.4. The zero-order valence-corrected chi connectivity index (χ0v) is 25.4. The predicted molar refractivity (Wildman–Crippen MR) is 168 cm³/mol. The first kappa shape index (κ1) is 30.7. The number of phenols is 1. The van der Waals surface area contributed by atoms with E-state index in [9.17, 15) is 19.5 Å². The first-order chi connectivity index (χ1) is 21.2. The summed E-state index contributed by atoms with van der Waals surface area (Å²) in [6.07, 6.45) is 5.07. The van der Waals surface area contributed by atoms with E-state index in [1.54, 1.807) is 40.2 Å². The molecule has 0 unspecified atom stereocenters. The maximum Gasteiger partial charge on any atom is 0.334 e. The van der Waals surface area contributed by atoms with Gasteiger partial charge in [-0.15, -0.1) is 6.42 Å². The average molecular weight is 615 g/mol. The number of rotatable bonds is 8. The number of hydrogen-bond donors (Lipinski definition) is 2. The van der Waals surface area contributed by atoms with Crippen LogP contribution in [0.1, 0.15) is 16.7 Å². The van der Waals surface area contributed by atoms with Crippen LogP contribution in [0.25, 0.3) is 0 Å². The smallest absolute Gasteiger partial charge is 0.334 e. The highest BCUT2D eigenvalue weighted by atomic mass is 35.5. The van der Waals surface area contributed by atoms with Crippen LogP contribution < -0.4 is 10.2 Å². The third-order valence-corrected chi connectivity index (χ3v) is 8.15. The van der Waals surface area contributed by atoms with Crippen LogP contribution in [-0.4, -0.2) is 88.7 Å². The van der Waals surface area contributed by atoms with Gasteiger partial charge < -0.3 is 25.1 Å². The van der Waals surface area contributed by atoms with Gasteiger partial charge >= 0.3 is 6.03 Å². The number of anilines is 1. The molecule has 0 radical (unpaired) electrons. The summed E-state index contributed by atoms with van der Waals surface area (Å²) < 4.78 is 0. The van der Waals surface area contributed by atoms with E-state index in [4.69, 9.17) is 18.0 Å². The molecule has 2 atom stereocenters. The summed E-state index contributed by atoms with van der Waals surface area (Å²) in [4.78, 5) is 46.8. The minimum absolute atomic E-state index is 0.0365. The Labute approximate surface area is 262 Å². The number of hydrogen-bond acceptors (Lipinski definition) is 6. The van der Waals surface area contributed by atoms with Crippen LogP contribution in [0.2, 0.25) is 5.02 Å². The van der Waals surface area contributed by atoms with Gasteiger partial charge in [-0.05, 0) is 41.0 Å². The molecule has 11 heteroatoms. The summed E-state index contributed by atoms with van der Waals surface area (Å²) in [5.41, 5.74) is 3.35. The number of carbonyl (C=O) groups is 3. The molecule has 0 bridgehead atoms. The number of benzene rings is 3. The van der Waals surface area contributed by atoms with Crippen LogP contribution in [-0.2, 0) is 29.1 Å². The lowest BCUT2D eigenvalue weighted by Crippen LogP contribution is -2.76. The standard InChI is InChI=1S/C33H35ClN6O4/c1-4-16-38-22-31(42)39-29(17-23-10-13-26(41)14-11-23)32(43)37(20-25-12-15-27(34)28(18-25)36(2)3)21-30(39)40(38)33(44)35-19-24-8-6-5-7-9-24/h1,5-15,18,29-30,41H,16-17,19-22H2,2-3H3,(H,35,44)/t29-,30-/m0/s1. The number of piperazine rings is 1. The Morgan fingerprint density at radius 2 is 1.75 bits per heavy atom. The van der Waals surface area contributed by atoms with Crippen molar-refractivity contribution in [3.8, 4) is 18.1 Å². The predicted octanol–water partition coefficient (Wildman–Crippen LogP) is 3.30. The van der Waals surface area contributed by atoms with E-state index in [-0.39, 0.29) is 56.7 Å². The van der Waals surface area contributed by atoms with Gasteiger partial charge in [-0.2, -0.15) is 5.01 Å². The second kappa shape index (κ2) is 13.3. The molecule has 228 valence electrons. The molecule has 3 aromatic rings. The fourth-order valence-corrected chi connectivity index (χ4v) is 6.00. The average Bonchev–Trinajstić information content (AvgIpc) is 3.00. The second-order valence-corrected chi connectivity index (χ2v) is 11.5. The largest absolute Gasteiger partial charge is 0.508 e. The number of amides is 4. The summed E-state index contributed by atoms with van der Waals surface area (Å²) in [5.74, 6) is 2.13. The molecule has 2 aliphatic heterocycles. The SMILES string of the molecule is C#CCN1CC(=O)N2[C@@H](Cc3ccc(O)cc3)C(=O)N(Cc3ccc(Cl)c(N(C)C)c3)C[C@@H]2N1C(=O)NCc1ccccc1. The first-order valence-electron chi connectivity index (χ1n) is 14.3. The summed E-state index contributed by atoms with van der Waals surface area (Å²) >= 11 is 6.41. The molecule has 0 saturated carbocycles. The van der Waals surface area contributed by atoms with E-state index in [1.807, 2.05) is 61.5 Å². The number of phenolic OH excluding ortho intramolecular Hbond substituents is 1. The summed E-state index contributed by atoms with van der Waals surface area (Å²) in [5, 5.41) is 16.4. The van der Waals surface area contributed by atoms with Crippen LogP contribution in [0.5, 0.6) is 5.75 Å². The number of carbonyl (C=O) groups excluding carboxylic acids is 3. The van der Waals surface area contributed by atoms with Gasteiger partial charge in [-0.1, -0.05) is 66.1 Å². The molecular weight excluding hydrogens is 580 g/mol. The number of nitrogens with one attached hydrogen (secondary N) is 1. The van der Waals surface area contributed by atoms with Gasteiger partial charge in [0.05, 0.1) is 30.3 Å². The van der Waals surface area contributed by atoms with Gasteiger partial charge in [0.15, 0.2) is 0 Å². The van der Waals surface area contributed by atoms with Crippen LogP contribution >= 0.6 is 11.6 Å². The Morgan fingerprint density at radius 3 is 2.43 bits per heavy atom. The Kier molecular flexibility index (Phi) is 9.28. The van der Waals surface area contributed by atoms with Crippen LogP contribution in [0.3, 0.4) is 0 Å². The van der Waals surface area contributed by atoms with Gasteiger partial charge in [0.2, 0.25) is 11.8 Å². The molecule has 2 aliphatic rings. The van der Waals surface area contributed by atoms with Crippen molar-refractivity contribution in [1.82, 2.24) is 25.1 Å². The lowest BCUT2D eigenvalue weighted by Gasteiger charge is -2.55. The second-order valence-electron chi connectivity index (χ2n) is 11.1. The molecule has 44 heavy (non-hydrogen) atoms. The molecule has 0 spiro atoms. The van der Waals surface area contributed by atoms with Crippen molar-refractivity contribution >= 4 is 35.1 Å². The van der Waals surface area contributed by atoms with Gasteiger partial charge in [0.25, 0.3) is 0 Å². The van der Waals surface area contributed by atoms with Crippen molar-refractivity contribution in [2.45, 2.75) is 31.7 Å². The molecule has 2 heterocycles. The van der Waals surface area contributed by atoms with Gasteiger partial charge in [-0.25, -0.2) is 9.80 Å². The number of nitrogens with zero attached hydrogens (tertiary/aromatic N) is 5. The van der Waals surface area contributed by atoms with Crippen LogP contribution in [0, 0.1) is 12.3 Å². The molecule has 3 aromatic carbocycles. The minimum atomic E-state index is -0.885. The molecule has 0 aliphatic carbocycles. The van der Waals surface area contributed by atoms with E-state index in [0.717, 1.165) is 22.4 Å². The first-order valence-corrected chi connectivity index (χ1v) is 14.7. The highest BCUT2D eigenvalue weighted by Gasteiger charge is 2.51. The number of terminal acetylenes is 1. The Balaban J connectivity index is 1.51. The number of halogens is 1. The number of hydrazine groups is 1. The van der Waals surface area contributed by atoms with E-state index < -0.39 is 18.2 Å². The fourth-order valence-electron chi connectivity index (χ4n) is 5.71. The summed E-state index contributed by atoms with van der Waals surface area (Å²) in [6.45, 7) is 0.488. The molecule has 4 amide bonds. The Morgan fingerprint density at radius 1 is 1.05 bits per heavy atom. The molecule has 0 aromatic heterocycles. The number of aromatic hydroxyl groups is 1. The Bertz CT molecular complexity index is 1560. The third-order valence-electron chi connectivity index (χ3n) is 7.83. The van der Waals surface area contributed by atoms with Gasteiger partial charge in [-0.3, -0.25) is 9.59 Å². The maximum atomic E-state index is 14.2. The molecule has 2 fully saturated rings. The van der Waals surface area contributed by atoms with E-state index in [0.29, 0.717) is 5.02 Å². The molecule has 2 saturated heterocycles. The monoisotopic (exact) mass is 614 g/mol. The normalized spacial score (nSPS) is 18.5. The highest BCUT2D eigenvalue weighted by Crippen LogP contribution is 2.31. The van der Waals surface area contributed by atoms with Crippen molar-refractivity contribution in [2.75, 3.05) is 38.6 Å². The van der Waals surface area contributed by atoms with E-state index in [1.165, 1.54) is 9.91 Å². The number of urea groups is 1. The van der Waals surface area contributed by atoms with Crippen molar-refractivity contribution < 1.29 is 19.5 Å². The molecule has 5 rings (SSSR count). The molecule has 10 nitrogen and oxygen atoms in total. The fraction of sp³-hybridized carbons (Fsp3) is 0.303.